The molecule has 0 N–H and O–H groups in total. The molecule has 0 aliphatic heterocycles. The Balaban J connectivity index is 2.65. The normalized spacial score (nSPS) is 10.1. The second-order valence-electron chi connectivity index (χ2n) is 3.93. The Kier molecular flexibility index (Phi) is 3.75. The van der Waals surface area contributed by atoms with Gasteiger partial charge in [0.05, 0.1) is 19.8 Å². The minimum atomic E-state index is -0.444. The van der Waals surface area contributed by atoms with Crippen LogP contribution in [0.1, 0.15) is 15.9 Å². The third-order valence-corrected chi connectivity index (χ3v) is 2.75. The number of ether oxygens (including phenoxy) is 2. The molecule has 1 heterocycles. The highest BCUT2D eigenvalue weighted by atomic mass is 16.5. The van der Waals surface area contributed by atoms with Crippen LogP contribution in [0.4, 0.5) is 0 Å². The van der Waals surface area contributed by atoms with Gasteiger partial charge in [-0.15, -0.1) is 0 Å². The van der Waals surface area contributed by atoms with E-state index < -0.39 is 5.97 Å². The van der Waals surface area contributed by atoms with Crippen molar-refractivity contribution in [1.29, 1.82) is 0 Å². The number of methoxy groups -OCH3 is 2. The number of carbonyl (C=O) groups is 1. The molecule has 2 rings (SSSR count). The van der Waals surface area contributed by atoms with Gasteiger partial charge in [-0.05, 0) is 30.7 Å². The lowest BCUT2D eigenvalue weighted by Gasteiger charge is -2.11. The fraction of sp³-hybridized carbons (Fsp3) is 0.214. The summed E-state index contributed by atoms with van der Waals surface area (Å²) in [4.78, 5) is 20.2. The first kappa shape index (κ1) is 13.0. The van der Waals surface area contributed by atoms with E-state index in [4.69, 9.17) is 9.47 Å². The van der Waals surface area contributed by atoms with E-state index >= 15 is 0 Å². The van der Waals surface area contributed by atoms with Gasteiger partial charge in [0.15, 0.2) is 5.82 Å². The van der Waals surface area contributed by atoms with E-state index in [0.29, 0.717) is 22.7 Å². The van der Waals surface area contributed by atoms with Crippen molar-refractivity contribution in [3.8, 4) is 17.1 Å². The first-order valence-electron chi connectivity index (χ1n) is 5.71. The van der Waals surface area contributed by atoms with Crippen molar-refractivity contribution < 1.29 is 14.3 Å². The maximum absolute atomic E-state index is 11.9. The van der Waals surface area contributed by atoms with Crippen LogP contribution in [0.25, 0.3) is 11.4 Å². The number of aromatic nitrogens is 2. The molecule has 0 bridgehead atoms. The Morgan fingerprint density at radius 1 is 1.16 bits per heavy atom. The van der Waals surface area contributed by atoms with Gasteiger partial charge in [-0.25, -0.2) is 14.8 Å². The molecule has 2 aromatic rings. The van der Waals surface area contributed by atoms with E-state index in [9.17, 15) is 4.79 Å². The van der Waals surface area contributed by atoms with Crippen molar-refractivity contribution >= 4 is 5.97 Å². The summed E-state index contributed by atoms with van der Waals surface area (Å²) >= 11 is 0. The molecule has 0 atom stereocenters. The maximum Gasteiger partial charge on any atom is 0.338 e. The third-order valence-electron chi connectivity index (χ3n) is 2.75. The van der Waals surface area contributed by atoms with E-state index in [1.54, 1.807) is 31.6 Å². The minimum absolute atomic E-state index is 0.385. The van der Waals surface area contributed by atoms with Crippen LogP contribution < -0.4 is 4.74 Å². The number of esters is 1. The molecule has 5 heteroatoms. The van der Waals surface area contributed by atoms with Gasteiger partial charge in [0.2, 0.25) is 0 Å². The predicted octanol–water partition coefficient (Wildman–Crippen LogP) is 2.25. The molecule has 0 aliphatic carbocycles. The van der Waals surface area contributed by atoms with Crippen molar-refractivity contribution in [2.24, 2.45) is 0 Å². The Bertz CT molecular complexity index is 597. The molecule has 0 saturated heterocycles. The van der Waals surface area contributed by atoms with Gasteiger partial charge >= 0.3 is 5.97 Å². The van der Waals surface area contributed by atoms with Crippen molar-refractivity contribution in [2.75, 3.05) is 14.2 Å². The Morgan fingerprint density at radius 2 is 1.84 bits per heavy atom. The van der Waals surface area contributed by atoms with Crippen LogP contribution in [0.3, 0.4) is 0 Å². The highest BCUT2D eigenvalue weighted by Crippen LogP contribution is 2.28. The van der Waals surface area contributed by atoms with Gasteiger partial charge in [0, 0.05) is 18.0 Å². The topological polar surface area (TPSA) is 61.3 Å². The minimum Gasteiger partial charge on any atom is -0.496 e. The van der Waals surface area contributed by atoms with Crippen molar-refractivity contribution in [3.05, 3.63) is 41.7 Å². The second-order valence-corrected chi connectivity index (χ2v) is 3.93. The molecule has 0 amide bonds. The molecule has 19 heavy (non-hydrogen) atoms. The lowest BCUT2D eigenvalue weighted by molar-refractivity contribution is 0.0601. The molecule has 0 unspecified atom stereocenters. The highest BCUT2D eigenvalue weighted by molar-refractivity contribution is 5.97. The zero-order valence-corrected chi connectivity index (χ0v) is 11.0. The summed E-state index contributed by atoms with van der Waals surface area (Å²) in [6, 6.07) is 5.19. The average Bonchev–Trinajstić information content (AvgIpc) is 2.47. The molecule has 0 aliphatic rings. The van der Waals surface area contributed by atoms with Crippen LogP contribution in [0.2, 0.25) is 0 Å². The molecule has 0 saturated carbocycles. The van der Waals surface area contributed by atoms with Crippen molar-refractivity contribution in [1.82, 2.24) is 9.97 Å². The van der Waals surface area contributed by atoms with E-state index in [-0.39, 0.29) is 0 Å². The SMILES string of the molecule is COC(=O)c1cc(OC)c(C)cc1-c1ncccn1. The Labute approximate surface area is 111 Å². The zero-order chi connectivity index (χ0) is 13.8. The Hall–Kier alpha value is -2.43. The first-order valence-corrected chi connectivity index (χ1v) is 5.71. The molecular weight excluding hydrogens is 244 g/mol. The van der Waals surface area contributed by atoms with E-state index in [1.807, 2.05) is 13.0 Å². The quantitative estimate of drug-likeness (QED) is 0.790. The van der Waals surface area contributed by atoms with E-state index in [0.717, 1.165) is 5.56 Å². The average molecular weight is 258 g/mol. The van der Waals surface area contributed by atoms with Gasteiger partial charge < -0.3 is 9.47 Å². The van der Waals surface area contributed by atoms with Crippen LogP contribution in [0.15, 0.2) is 30.6 Å². The highest BCUT2D eigenvalue weighted by Gasteiger charge is 2.18. The number of rotatable bonds is 3. The van der Waals surface area contributed by atoms with Crippen LogP contribution in [-0.2, 0) is 4.74 Å². The number of benzene rings is 1. The van der Waals surface area contributed by atoms with Gasteiger partial charge in [0.1, 0.15) is 5.75 Å². The van der Waals surface area contributed by atoms with Crippen LogP contribution in [0, 0.1) is 6.92 Å². The summed E-state index contributed by atoms with van der Waals surface area (Å²) in [6.07, 6.45) is 3.26. The fourth-order valence-electron chi connectivity index (χ4n) is 1.81. The zero-order valence-electron chi connectivity index (χ0n) is 11.0. The van der Waals surface area contributed by atoms with E-state index in [2.05, 4.69) is 9.97 Å². The summed E-state index contributed by atoms with van der Waals surface area (Å²) in [5, 5.41) is 0. The summed E-state index contributed by atoms with van der Waals surface area (Å²) in [5.41, 5.74) is 1.92. The summed E-state index contributed by atoms with van der Waals surface area (Å²) in [7, 11) is 2.90. The van der Waals surface area contributed by atoms with Crippen molar-refractivity contribution in [2.45, 2.75) is 6.92 Å². The molecule has 0 spiro atoms. The number of carbonyl (C=O) groups excluding carboxylic acids is 1. The maximum atomic E-state index is 11.9. The summed E-state index contributed by atoms with van der Waals surface area (Å²) in [5.74, 6) is 0.662. The van der Waals surface area contributed by atoms with Gasteiger partial charge in [-0.3, -0.25) is 0 Å². The smallest absolute Gasteiger partial charge is 0.338 e. The molecule has 0 radical (unpaired) electrons. The van der Waals surface area contributed by atoms with Crippen molar-refractivity contribution in [3.63, 3.8) is 0 Å². The lowest BCUT2D eigenvalue weighted by Crippen LogP contribution is -2.06. The number of nitrogens with zero attached hydrogens (tertiary/aromatic N) is 2. The largest absolute Gasteiger partial charge is 0.496 e. The van der Waals surface area contributed by atoms with Crippen LogP contribution >= 0.6 is 0 Å². The number of aryl methyl sites for hydroxylation is 1. The van der Waals surface area contributed by atoms with Crippen LogP contribution in [0.5, 0.6) is 5.75 Å². The molecule has 1 aromatic carbocycles. The monoisotopic (exact) mass is 258 g/mol. The second kappa shape index (κ2) is 5.48. The fourth-order valence-corrected chi connectivity index (χ4v) is 1.81. The molecule has 0 fully saturated rings. The standard InChI is InChI=1S/C14H14N2O3/c1-9-7-10(13-15-5-4-6-16-13)11(14(17)19-3)8-12(9)18-2/h4-8H,1-3H3. The number of hydrogen-bond acceptors (Lipinski definition) is 5. The first-order chi connectivity index (χ1) is 9.17. The lowest BCUT2D eigenvalue weighted by atomic mass is 10.0. The van der Waals surface area contributed by atoms with Gasteiger partial charge in [-0.1, -0.05) is 0 Å². The number of hydrogen-bond donors (Lipinski definition) is 0. The Morgan fingerprint density at radius 3 is 2.42 bits per heavy atom. The van der Waals surface area contributed by atoms with Crippen LogP contribution in [-0.4, -0.2) is 30.2 Å². The van der Waals surface area contributed by atoms with E-state index in [1.165, 1.54) is 7.11 Å². The third kappa shape index (κ3) is 2.54. The molecule has 5 nitrogen and oxygen atoms in total. The van der Waals surface area contributed by atoms with Gasteiger partial charge in [0.25, 0.3) is 0 Å². The summed E-state index contributed by atoms with van der Waals surface area (Å²) in [6.45, 7) is 1.90. The molecule has 98 valence electrons. The molecular formula is C14H14N2O3. The summed E-state index contributed by atoms with van der Waals surface area (Å²) < 4.78 is 10.0. The van der Waals surface area contributed by atoms with Gasteiger partial charge in [-0.2, -0.15) is 0 Å². The predicted molar refractivity (Wildman–Crippen MR) is 70.1 cm³/mol. The molecule has 1 aromatic heterocycles.